The van der Waals surface area contributed by atoms with Gasteiger partial charge in [-0.25, -0.2) is 9.40 Å². The number of carbonyl (C=O) groups is 1. The maximum atomic E-state index is 12.9. The zero-order chi connectivity index (χ0) is 12.6. The zero-order valence-corrected chi connectivity index (χ0v) is 8.33. The van der Waals surface area contributed by atoms with E-state index >= 15 is 0 Å². The Balaban J connectivity index is 2.34. The summed E-state index contributed by atoms with van der Waals surface area (Å²) < 4.78 is 49.8. The van der Waals surface area contributed by atoms with Crippen molar-refractivity contribution in [2.45, 2.75) is 12.6 Å². The van der Waals surface area contributed by atoms with E-state index in [2.05, 4.69) is 5.10 Å². The van der Waals surface area contributed by atoms with Gasteiger partial charge in [0.25, 0.3) is 5.91 Å². The van der Waals surface area contributed by atoms with Gasteiger partial charge in [-0.3, -0.25) is 4.79 Å². The van der Waals surface area contributed by atoms with E-state index in [0.717, 1.165) is 12.1 Å². The van der Waals surface area contributed by atoms with Gasteiger partial charge in [-0.05, 0) is 18.2 Å². The van der Waals surface area contributed by atoms with Gasteiger partial charge >= 0.3 is 6.18 Å². The second kappa shape index (κ2) is 3.83. The summed E-state index contributed by atoms with van der Waals surface area (Å²) in [5, 5.41) is 3.72. The molecule has 0 aromatic heterocycles. The van der Waals surface area contributed by atoms with E-state index < -0.39 is 30.0 Å². The van der Waals surface area contributed by atoms with Crippen molar-refractivity contribution in [3.8, 4) is 0 Å². The number of hydrogen-bond acceptors (Lipinski definition) is 2. The SMILES string of the molecule is O=C1CC(C(F)(F)F)=NN1c1cccc(F)c1. The number of benzene rings is 1. The third-order valence-electron chi connectivity index (χ3n) is 2.16. The van der Waals surface area contributed by atoms with Crippen LogP contribution in [0.4, 0.5) is 23.2 Å². The standard InChI is InChI=1S/C10H6F4N2O/c11-6-2-1-3-7(4-6)16-9(17)5-8(15-16)10(12,13)14/h1-4H,5H2. The van der Waals surface area contributed by atoms with Crippen LogP contribution in [-0.4, -0.2) is 17.8 Å². The Morgan fingerprint density at radius 1 is 1.29 bits per heavy atom. The highest BCUT2D eigenvalue weighted by atomic mass is 19.4. The third-order valence-corrected chi connectivity index (χ3v) is 2.16. The number of halogens is 4. The van der Waals surface area contributed by atoms with E-state index in [1.54, 1.807) is 0 Å². The van der Waals surface area contributed by atoms with Crippen LogP contribution in [0.1, 0.15) is 6.42 Å². The molecule has 7 heteroatoms. The van der Waals surface area contributed by atoms with Crippen LogP contribution >= 0.6 is 0 Å². The first-order chi connectivity index (χ1) is 7.88. The predicted molar refractivity (Wildman–Crippen MR) is 52.0 cm³/mol. The van der Waals surface area contributed by atoms with Crippen molar-refractivity contribution in [1.82, 2.24) is 0 Å². The first kappa shape index (κ1) is 11.6. The Morgan fingerprint density at radius 3 is 2.53 bits per heavy atom. The van der Waals surface area contributed by atoms with Crippen molar-refractivity contribution in [2.75, 3.05) is 5.01 Å². The fourth-order valence-electron chi connectivity index (χ4n) is 1.40. The molecule has 0 fully saturated rings. The second-order valence-electron chi connectivity index (χ2n) is 3.41. The highest BCUT2D eigenvalue weighted by molar-refractivity contribution is 6.14. The number of hydrogen-bond donors (Lipinski definition) is 0. The fourth-order valence-corrected chi connectivity index (χ4v) is 1.40. The molecule has 0 atom stereocenters. The van der Waals surface area contributed by atoms with Gasteiger partial charge in [-0.1, -0.05) is 6.07 Å². The lowest BCUT2D eigenvalue weighted by Crippen LogP contribution is -2.22. The van der Waals surface area contributed by atoms with Crippen LogP contribution in [0.25, 0.3) is 0 Å². The lowest BCUT2D eigenvalue weighted by Gasteiger charge is -2.11. The second-order valence-corrected chi connectivity index (χ2v) is 3.41. The number of nitrogens with zero attached hydrogens (tertiary/aromatic N) is 2. The maximum Gasteiger partial charge on any atom is 0.431 e. The quantitative estimate of drug-likeness (QED) is 0.700. The summed E-state index contributed by atoms with van der Waals surface area (Å²) >= 11 is 0. The Bertz CT molecular complexity index is 495. The Labute approximate surface area is 93.3 Å². The van der Waals surface area contributed by atoms with Gasteiger partial charge in [0.15, 0.2) is 5.71 Å². The summed E-state index contributed by atoms with van der Waals surface area (Å²) in [6, 6.07) is 4.67. The largest absolute Gasteiger partial charge is 0.431 e. The number of rotatable bonds is 1. The highest BCUT2D eigenvalue weighted by Crippen LogP contribution is 2.28. The molecule has 1 aromatic carbocycles. The summed E-state index contributed by atoms with van der Waals surface area (Å²) in [7, 11) is 0. The summed E-state index contributed by atoms with van der Waals surface area (Å²) in [6.07, 6.45) is -5.46. The molecule has 0 spiro atoms. The Hall–Kier alpha value is -1.92. The lowest BCUT2D eigenvalue weighted by atomic mass is 10.2. The van der Waals surface area contributed by atoms with Gasteiger partial charge in [0.2, 0.25) is 0 Å². The topological polar surface area (TPSA) is 32.7 Å². The van der Waals surface area contributed by atoms with Crippen LogP contribution in [0.3, 0.4) is 0 Å². The predicted octanol–water partition coefficient (Wildman–Crippen LogP) is 2.48. The molecule has 1 heterocycles. The van der Waals surface area contributed by atoms with Gasteiger partial charge in [0.1, 0.15) is 5.82 Å². The van der Waals surface area contributed by atoms with Gasteiger partial charge in [-0.2, -0.15) is 18.3 Å². The van der Waals surface area contributed by atoms with Crippen molar-refractivity contribution >= 4 is 17.3 Å². The molecule has 0 N–H and O–H groups in total. The van der Waals surface area contributed by atoms with E-state index in [9.17, 15) is 22.4 Å². The molecule has 90 valence electrons. The molecule has 1 aliphatic heterocycles. The zero-order valence-electron chi connectivity index (χ0n) is 8.33. The summed E-state index contributed by atoms with van der Waals surface area (Å²) in [4.78, 5) is 11.3. The van der Waals surface area contributed by atoms with Crippen molar-refractivity contribution in [3.05, 3.63) is 30.1 Å². The van der Waals surface area contributed by atoms with Crippen molar-refractivity contribution in [1.29, 1.82) is 0 Å². The number of anilines is 1. The van der Waals surface area contributed by atoms with Crippen molar-refractivity contribution in [3.63, 3.8) is 0 Å². The summed E-state index contributed by atoms with van der Waals surface area (Å²) in [5.41, 5.74) is -1.19. The molecule has 1 amide bonds. The number of alkyl halides is 3. The van der Waals surface area contributed by atoms with Crippen molar-refractivity contribution in [2.24, 2.45) is 5.10 Å². The van der Waals surface area contributed by atoms with E-state index in [1.165, 1.54) is 12.1 Å². The van der Waals surface area contributed by atoms with Gasteiger partial charge < -0.3 is 0 Å². The summed E-state index contributed by atoms with van der Waals surface area (Å²) in [5.74, 6) is -1.48. The molecule has 0 radical (unpaired) electrons. The van der Waals surface area contributed by atoms with Gasteiger partial charge in [-0.15, -0.1) is 0 Å². The average molecular weight is 246 g/mol. The van der Waals surface area contributed by atoms with E-state index in [1.807, 2.05) is 0 Å². The molecule has 0 aliphatic carbocycles. The van der Waals surface area contributed by atoms with Gasteiger partial charge in [0, 0.05) is 0 Å². The molecule has 3 nitrogen and oxygen atoms in total. The molecule has 1 aliphatic rings. The Kier molecular flexibility index (Phi) is 2.60. The van der Waals surface area contributed by atoms with Crippen LogP contribution in [0.15, 0.2) is 29.4 Å². The minimum atomic E-state index is -4.64. The number of carbonyl (C=O) groups excluding carboxylic acids is 1. The average Bonchev–Trinajstić information content (AvgIpc) is 2.60. The summed E-state index contributed by atoms with van der Waals surface area (Å²) in [6.45, 7) is 0. The fraction of sp³-hybridized carbons (Fsp3) is 0.200. The molecule has 2 rings (SSSR count). The first-order valence-corrected chi connectivity index (χ1v) is 4.61. The number of amides is 1. The Morgan fingerprint density at radius 2 is 2.00 bits per heavy atom. The first-order valence-electron chi connectivity index (χ1n) is 4.61. The van der Waals surface area contributed by atoms with E-state index in [-0.39, 0.29) is 5.69 Å². The third kappa shape index (κ3) is 2.27. The van der Waals surface area contributed by atoms with Crippen LogP contribution in [-0.2, 0) is 4.79 Å². The van der Waals surface area contributed by atoms with Crippen LogP contribution in [0, 0.1) is 5.82 Å². The van der Waals surface area contributed by atoms with Crippen LogP contribution < -0.4 is 5.01 Å². The van der Waals surface area contributed by atoms with E-state index in [4.69, 9.17) is 0 Å². The normalized spacial score (nSPS) is 16.4. The molecule has 0 saturated heterocycles. The molecule has 0 saturated carbocycles. The lowest BCUT2D eigenvalue weighted by molar-refractivity contribution is -0.117. The molecular weight excluding hydrogens is 240 g/mol. The minimum absolute atomic E-state index is 0.0192. The van der Waals surface area contributed by atoms with Crippen molar-refractivity contribution < 1.29 is 22.4 Å². The van der Waals surface area contributed by atoms with Gasteiger partial charge in [0.05, 0.1) is 12.1 Å². The maximum absolute atomic E-state index is 12.9. The number of hydrazone groups is 1. The molecule has 1 aromatic rings. The van der Waals surface area contributed by atoms with Crippen LogP contribution in [0.2, 0.25) is 0 Å². The molecule has 17 heavy (non-hydrogen) atoms. The van der Waals surface area contributed by atoms with Crippen LogP contribution in [0.5, 0.6) is 0 Å². The molecular formula is C10H6F4N2O. The minimum Gasteiger partial charge on any atom is -0.272 e. The molecule has 0 unspecified atom stereocenters. The monoisotopic (exact) mass is 246 g/mol. The highest BCUT2D eigenvalue weighted by Gasteiger charge is 2.42. The smallest absolute Gasteiger partial charge is 0.272 e. The molecule has 0 bridgehead atoms. The van der Waals surface area contributed by atoms with E-state index in [0.29, 0.717) is 5.01 Å².